The van der Waals surface area contributed by atoms with Gasteiger partial charge < -0.3 is 0 Å². The standard InChI is InChI=1S/C10H13ClN2O2S2/c11-9-2-1-3-10(8-9)12-17(14,15)13-4-6-16-7-5-13/h1-3,8,12H,4-7H2. The first kappa shape index (κ1) is 13.0. The third kappa shape index (κ3) is 3.51. The van der Waals surface area contributed by atoms with E-state index in [2.05, 4.69) is 4.72 Å². The molecular weight excluding hydrogens is 280 g/mol. The minimum Gasteiger partial charge on any atom is -0.271 e. The van der Waals surface area contributed by atoms with E-state index in [0.717, 1.165) is 11.5 Å². The predicted octanol–water partition coefficient (Wildman–Crippen LogP) is 2.05. The van der Waals surface area contributed by atoms with Crippen LogP contribution < -0.4 is 4.72 Å². The highest BCUT2D eigenvalue weighted by Crippen LogP contribution is 2.19. The summed E-state index contributed by atoms with van der Waals surface area (Å²) in [4.78, 5) is 0. The van der Waals surface area contributed by atoms with Crippen molar-refractivity contribution in [1.82, 2.24) is 4.31 Å². The third-order valence-electron chi connectivity index (χ3n) is 2.38. The Balaban J connectivity index is 2.11. The number of hydrogen-bond acceptors (Lipinski definition) is 3. The van der Waals surface area contributed by atoms with E-state index < -0.39 is 10.2 Å². The fraction of sp³-hybridized carbons (Fsp3) is 0.400. The van der Waals surface area contributed by atoms with Crippen molar-refractivity contribution in [3.8, 4) is 0 Å². The van der Waals surface area contributed by atoms with Gasteiger partial charge in [-0.15, -0.1) is 0 Å². The molecule has 0 bridgehead atoms. The predicted molar refractivity (Wildman–Crippen MR) is 72.9 cm³/mol. The molecule has 4 nitrogen and oxygen atoms in total. The average molecular weight is 293 g/mol. The van der Waals surface area contributed by atoms with Gasteiger partial charge in [0, 0.05) is 29.6 Å². The zero-order chi connectivity index (χ0) is 12.3. The maximum atomic E-state index is 12.0. The van der Waals surface area contributed by atoms with E-state index in [1.54, 1.807) is 36.0 Å². The summed E-state index contributed by atoms with van der Waals surface area (Å²) < 4.78 is 28.1. The molecule has 0 saturated carbocycles. The molecule has 0 aliphatic carbocycles. The van der Waals surface area contributed by atoms with Crippen molar-refractivity contribution < 1.29 is 8.42 Å². The van der Waals surface area contributed by atoms with Crippen molar-refractivity contribution in [1.29, 1.82) is 0 Å². The van der Waals surface area contributed by atoms with Gasteiger partial charge in [-0.3, -0.25) is 4.72 Å². The quantitative estimate of drug-likeness (QED) is 0.927. The van der Waals surface area contributed by atoms with Gasteiger partial charge in [0.05, 0.1) is 5.69 Å². The molecule has 1 heterocycles. The summed E-state index contributed by atoms with van der Waals surface area (Å²) in [5.41, 5.74) is 0.496. The highest BCUT2D eigenvalue weighted by atomic mass is 35.5. The van der Waals surface area contributed by atoms with Crippen LogP contribution in [0.1, 0.15) is 0 Å². The molecule has 17 heavy (non-hydrogen) atoms. The first-order valence-electron chi connectivity index (χ1n) is 5.19. The van der Waals surface area contributed by atoms with E-state index in [0.29, 0.717) is 23.8 Å². The smallest absolute Gasteiger partial charge is 0.271 e. The third-order valence-corrected chi connectivity index (χ3v) is 5.10. The van der Waals surface area contributed by atoms with Crippen LogP contribution in [-0.4, -0.2) is 37.3 Å². The molecule has 0 atom stereocenters. The van der Waals surface area contributed by atoms with Crippen LogP contribution in [0.2, 0.25) is 5.02 Å². The number of thioether (sulfide) groups is 1. The molecule has 2 rings (SSSR count). The monoisotopic (exact) mass is 292 g/mol. The van der Waals surface area contributed by atoms with Gasteiger partial charge >= 0.3 is 10.2 Å². The lowest BCUT2D eigenvalue weighted by Crippen LogP contribution is -2.41. The van der Waals surface area contributed by atoms with Crippen LogP contribution in [0, 0.1) is 0 Å². The molecule has 1 aliphatic heterocycles. The Hall–Kier alpha value is -0.430. The normalized spacial score (nSPS) is 17.9. The van der Waals surface area contributed by atoms with Crippen LogP contribution in [0.4, 0.5) is 5.69 Å². The SMILES string of the molecule is O=S(=O)(Nc1cccc(Cl)c1)N1CCSCC1. The van der Waals surface area contributed by atoms with Crippen LogP contribution >= 0.6 is 23.4 Å². The number of anilines is 1. The van der Waals surface area contributed by atoms with Gasteiger partial charge in [-0.05, 0) is 18.2 Å². The van der Waals surface area contributed by atoms with Crippen LogP contribution in [0.5, 0.6) is 0 Å². The summed E-state index contributed by atoms with van der Waals surface area (Å²) in [7, 11) is -3.44. The minimum absolute atomic E-state index is 0.496. The maximum absolute atomic E-state index is 12.0. The van der Waals surface area contributed by atoms with Gasteiger partial charge in [-0.1, -0.05) is 17.7 Å². The van der Waals surface area contributed by atoms with Crippen molar-refractivity contribution in [2.24, 2.45) is 0 Å². The van der Waals surface area contributed by atoms with Crippen molar-refractivity contribution in [2.45, 2.75) is 0 Å². The topological polar surface area (TPSA) is 49.4 Å². The highest BCUT2D eigenvalue weighted by Gasteiger charge is 2.23. The molecule has 0 aromatic heterocycles. The van der Waals surface area contributed by atoms with Gasteiger partial charge in [0.15, 0.2) is 0 Å². The Morgan fingerprint density at radius 3 is 2.65 bits per heavy atom. The van der Waals surface area contributed by atoms with E-state index in [9.17, 15) is 8.42 Å². The fourth-order valence-corrected chi connectivity index (χ4v) is 4.09. The summed E-state index contributed by atoms with van der Waals surface area (Å²) in [6, 6.07) is 6.70. The number of halogens is 1. The molecule has 0 radical (unpaired) electrons. The molecule has 1 aliphatic rings. The highest BCUT2D eigenvalue weighted by molar-refractivity contribution is 7.99. The summed E-state index contributed by atoms with van der Waals surface area (Å²) in [6.45, 7) is 1.11. The second kappa shape index (κ2) is 5.48. The number of nitrogens with zero attached hydrogens (tertiary/aromatic N) is 1. The number of nitrogens with one attached hydrogen (secondary N) is 1. The molecule has 1 aromatic carbocycles. The Bertz CT molecular complexity index is 487. The Labute approximate surface area is 111 Å². The molecule has 1 N–H and O–H groups in total. The lowest BCUT2D eigenvalue weighted by Gasteiger charge is -2.25. The fourth-order valence-electron chi connectivity index (χ4n) is 1.55. The zero-order valence-corrected chi connectivity index (χ0v) is 11.5. The molecule has 0 amide bonds. The van der Waals surface area contributed by atoms with Gasteiger partial charge in [0.2, 0.25) is 0 Å². The Kier molecular flexibility index (Phi) is 4.19. The number of rotatable bonds is 3. The maximum Gasteiger partial charge on any atom is 0.301 e. The molecule has 7 heteroatoms. The van der Waals surface area contributed by atoms with E-state index in [-0.39, 0.29) is 0 Å². The van der Waals surface area contributed by atoms with E-state index in [4.69, 9.17) is 11.6 Å². The zero-order valence-electron chi connectivity index (χ0n) is 9.10. The van der Waals surface area contributed by atoms with Gasteiger partial charge in [0.25, 0.3) is 0 Å². The molecule has 0 spiro atoms. The molecule has 0 unspecified atom stereocenters. The lowest BCUT2D eigenvalue weighted by molar-refractivity contribution is 0.448. The van der Waals surface area contributed by atoms with E-state index in [1.807, 2.05) is 0 Å². The van der Waals surface area contributed by atoms with Gasteiger partial charge in [-0.2, -0.15) is 24.5 Å². The summed E-state index contributed by atoms with van der Waals surface area (Å²) in [5, 5.41) is 0.513. The summed E-state index contributed by atoms with van der Waals surface area (Å²) in [6.07, 6.45) is 0. The average Bonchev–Trinajstić information content (AvgIpc) is 2.29. The molecule has 1 fully saturated rings. The van der Waals surface area contributed by atoms with E-state index >= 15 is 0 Å². The molecule has 94 valence electrons. The van der Waals surface area contributed by atoms with Crippen molar-refractivity contribution in [2.75, 3.05) is 29.3 Å². The molecule has 1 saturated heterocycles. The first-order chi connectivity index (χ1) is 8.08. The van der Waals surface area contributed by atoms with Crippen molar-refractivity contribution >= 4 is 39.3 Å². The summed E-state index contributed by atoms with van der Waals surface area (Å²) >= 11 is 7.58. The molecule has 1 aromatic rings. The van der Waals surface area contributed by atoms with Crippen LogP contribution in [0.15, 0.2) is 24.3 Å². The molecular formula is C10H13ClN2O2S2. The second-order valence-electron chi connectivity index (χ2n) is 3.63. The Morgan fingerprint density at radius 2 is 2.00 bits per heavy atom. The largest absolute Gasteiger partial charge is 0.301 e. The van der Waals surface area contributed by atoms with Gasteiger partial charge in [-0.25, -0.2) is 0 Å². The number of benzene rings is 1. The summed E-state index contributed by atoms with van der Waals surface area (Å²) in [5.74, 6) is 1.69. The Morgan fingerprint density at radius 1 is 1.29 bits per heavy atom. The van der Waals surface area contributed by atoms with E-state index in [1.165, 1.54) is 4.31 Å². The second-order valence-corrected chi connectivity index (χ2v) is 6.96. The van der Waals surface area contributed by atoms with Crippen LogP contribution in [0.3, 0.4) is 0 Å². The van der Waals surface area contributed by atoms with Crippen molar-refractivity contribution in [3.05, 3.63) is 29.3 Å². The van der Waals surface area contributed by atoms with Crippen molar-refractivity contribution in [3.63, 3.8) is 0 Å². The van der Waals surface area contributed by atoms with Crippen LogP contribution in [0.25, 0.3) is 0 Å². The first-order valence-corrected chi connectivity index (χ1v) is 8.16. The van der Waals surface area contributed by atoms with Gasteiger partial charge in [0.1, 0.15) is 0 Å². The number of hydrogen-bond donors (Lipinski definition) is 1. The minimum atomic E-state index is -3.44. The van der Waals surface area contributed by atoms with Crippen LogP contribution in [-0.2, 0) is 10.2 Å². The lowest BCUT2D eigenvalue weighted by atomic mass is 10.3.